The number of likely N-dealkylation sites (tertiary alicyclic amines) is 1. The highest BCUT2D eigenvalue weighted by molar-refractivity contribution is 5.80. The van der Waals surface area contributed by atoms with Gasteiger partial charge in [-0.15, -0.1) is 0 Å². The maximum atomic E-state index is 8.86. The van der Waals surface area contributed by atoms with Gasteiger partial charge in [0.25, 0.3) is 0 Å². The van der Waals surface area contributed by atoms with Gasteiger partial charge in [0, 0.05) is 52.3 Å². The fourth-order valence-corrected chi connectivity index (χ4v) is 5.75. The van der Waals surface area contributed by atoms with Gasteiger partial charge in [-0.2, -0.15) is 0 Å². The third kappa shape index (κ3) is 3.50. The lowest BCUT2D eigenvalue weighted by molar-refractivity contribution is 0.0878. The van der Waals surface area contributed by atoms with E-state index >= 15 is 0 Å². The number of piperidine rings is 1. The third-order valence-corrected chi connectivity index (χ3v) is 7.38. The molecule has 1 saturated heterocycles. The van der Waals surface area contributed by atoms with Crippen molar-refractivity contribution in [2.45, 2.75) is 44.2 Å². The van der Waals surface area contributed by atoms with E-state index in [9.17, 15) is 0 Å². The number of fused-ring (bicyclic) bond motifs is 3. The second-order valence-electron chi connectivity index (χ2n) is 9.19. The molecule has 0 amide bonds. The van der Waals surface area contributed by atoms with E-state index in [0.717, 1.165) is 51.1 Å². The van der Waals surface area contributed by atoms with Crippen molar-refractivity contribution in [3.05, 3.63) is 59.2 Å². The first-order valence-electron chi connectivity index (χ1n) is 12.0. The number of nitrogens with zero attached hydrogens (tertiary/aromatic N) is 3. The van der Waals surface area contributed by atoms with Crippen molar-refractivity contribution in [3.63, 3.8) is 0 Å². The number of methoxy groups -OCH3 is 1. The zero-order valence-corrected chi connectivity index (χ0v) is 18.6. The topological polar surface area (TPSA) is 19.0 Å². The molecule has 160 valence electrons. The van der Waals surface area contributed by atoms with Gasteiger partial charge in [0.15, 0.2) is 0 Å². The van der Waals surface area contributed by atoms with E-state index in [1.807, 2.05) is 12.1 Å². The van der Waals surface area contributed by atoms with Crippen molar-refractivity contribution in [2.75, 3.05) is 56.7 Å². The molecule has 2 aromatic carbocycles. The average molecular weight is 407 g/mol. The Balaban J connectivity index is 1.24. The summed E-state index contributed by atoms with van der Waals surface area (Å²) < 4.78 is 14.5. The lowest BCUT2D eigenvalue weighted by Crippen LogP contribution is -2.49. The average Bonchev–Trinajstić information content (AvgIpc) is 3.11. The highest BCUT2D eigenvalue weighted by Crippen LogP contribution is 2.50. The summed E-state index contributed by atoms with van der Waals surface area (Å²) in [4.78, 5) is 7.73. The van der Waals surface area contributed by atoms with E-state index < -0.39 is 6.08 Å². The maximum absolute atomic E-state index is 8.86. The normalized spacial score (nSPS) is 25.5. The molecule has 3 heterocycles. The number of likely N-dealkylation sites (N-methyl/N-ethyl adjacent to an activating group) is 1. The summed E-state index contributed by atoms with van der Waals surface area (Å²) in [5, 5.41) is 0. The molecule has 3 aliphatic rings. The molecule has 0 bridgehead atoms. The molecule has 0 N–H and O–H groups in total. The number of hydrogen-bond donors (Lipinski definition) is 0. The lowest BCUT2D eigenvalue weighted by atomic mass is 9.89. The minimum absolute atomic E-state index is 0.607. The number of ether oxygens (including phenoxy) is 1. The molecule has 2 aromatic rings. The van der Waals surface area contributed by atoms with Gasteiger partial charge < -0.3 is 19.4 Å². The Hall–Kier alpha value is -2.04. The number of rotatable bonds is 6. The largest absolute Gasteiger partial charge is 0.377 e. The monoisotopic (exact) mass is 406 g/mol. The van der Waals surface area contributed by atoms with Gasteiger partial charge in [-0.05, 0) is 49.9 Å². The second kappa shape index (κ2) is 8.24. The molecule has 1 unspecified atom stereocenters. The first-order chi connectivity index (χ1) is 15.0. The zero-order valence-electron chi connectivity index (χ0n) is 19.6. The van der Waals surface area contributed by atoms with Crippen LogP contribution < -0.4 is 9.80 Å². The van der Waals surface area contributed by atoms with E-state index in [1.54, 1.807) is 12.7 Å². The van der Waals surface area contributed by atoms with Crippen LogP contribution in [0.4, 0.5) is 11.4 Å². The summed E-state index contributed by atoms with van der Waals surface area (Å²) in [6.45, 7) is 7.66. The summed E-state index contributed by atoms with van der Waals surface area (Å²) >= 11 is 0. The Kier molecular flexibility index (Phi) is 5.14. The smallest absolute Gasteiger partial charge is 0.0821 e. The number of para-hydroxylation sites is 1. The SMILES string of the molecule is [2H]C(CCCN1CC[C@H]2[C@@H](C1)c1cccc3c1N2CCN3C)(OC)c1ccc(C)cc1. The first kappa shape index (κ1) is 18.7. The second-order valence-corrected chi connectivity index (χ2v) is 9.19. The molecule has 5 rings (SSSR count). The van der Waals surface area contributed by atoms with Crippen molar-refractivity contribution < 1.29 is 6.11 Å². The summed E-state index contributed by atoms with van der Waals surface area (Å²) in [6, 6.07) is 15.8. The van der Waals surface area contributed by atoms with E-state index in [2.05, 4.69) is 59.0 Å². The van der Waals surface area contributed by atoms with Gasteiger partial charge >= 0.3 is 0 Å². The van der Waals surface area contributed by atoms with Gasteiger partial charge in [-0.25, -0.2) is 0 Å². The van der Waals surface area contributed by atoms with Gasteiger partial charge in [0.05, 0.1) is 18.8 Å². The van der Waals surface area contributed by atoms with Crippen LogP contribution in [0.2, 0.25) is 0 Å². The predicted octanol–water partition coefficient (Wildman–Crippen LogP) is 4.59. The summed E-state index contributed by atoms with van der Waals surface area (Å²) in [5.41, 5.74) is 6.62. The fourth-order valence-electron chi connectivity index (χ4n) is 5.75. The molecule has 3 aliphatic heterocycles. The van der Waals surface area contributed by atoms with Crippen molar-refractivity contribution in [3.8, 4) is 0 Å². The summed E-state index contributed by atoms with van der Waals surface area (Å²) in [5.74, 6) is 0.607. The Bertz CT molecular complexity index is 933. The summed E-state index contributed by atoms with van der Waals surface area (Å²) in [7, 11) is 3.89. The maximum Gasteiger partial charge on any atom is 0.0821 e. The highest BCUT2D eigenvalue weighted by atomic mass is 16.5. The minimum Gasteiger partial charge on any atom is -0.377 e. The quantitative estimate of drug-likeness (QED) is 0.698. The summed E-state index contributed by atoms with van der Waals surface area (Å²) in [6.07, 6.45) is 1.97. The Morgan fingerprint density at radius 2 is 1.97 bits per heavy atom. The number of aryl methyl sites for hydroxylation is 1. The van der Waals surface area contributed by atoms with Crippen LogP contribution in [0.5, 0.6) is 0 Å². The first-order valence-corrected chi connectivity index (χ1v) is 11.5. The van der Waals surface area contributed by atoms with E-state index in [1.165, 1.54) is 23.4 Å². The minimum atomic E-state index is -0.957. The fraction of sp³-hybridized carbons (Fsp3) is 0.538. The number of anilines is 2. The number of hydrogen-bond acceptors (Lipinski definition) is 4. The van der Waals surface area contributed by atoms with E-state index in [0.29, 0.717) is 12.0 Å². The predicted molar refractivity (Wildman–Crippen MR) is 125 cm³/mol. The van der Waals surface area contributed by atoms with E-state index in [-0.39, 0.29) is 0 Å². The van der Waals surface area contributed by atoms with Crippen LogP contribution in [0.1, 0.15) is 49.3 Å². The van der Waals surface area contributed by atoms with Crippen molar-refractivity contribution >= 4 is 11.4 Å². The third-order valence-electron chi connectivity index (χ3n) is 7.38. The Morgan fingerprint density at radius 3 is 2.77 bits per heavy atom. The van der Waals surface area contributed by atoms with Gasteiger partial charge in [0.1, 0.15) is 0 Å². The Labute approximate surface area is 182 Å². The number of benzene rings is 2. The van der Waals surface area contributed by atoms with Crippen LogP contribution in [0.3, 0.4) is 0 Å². The van der Waals surface area contributed by atoms with Crippen molar-refractivity contribution in [2.24, 2.45) is 0 Å². The van der Waals surface area contributed by atoms with Gasteiger partial charge in [-0.3, -0.25) is 0 Å². The zero-order chi connectivity index (χ0) is 21.6. The molecule has 0 spiro atoms. The lowest BCUT2D eigenvalue weighted by Gasteiger charge is -2.41. The van der Waals surface area contributed by atoms with Crippen LogP contribution in [0.15, 0.2) is 42.5 Å². The standard InChI is InChI=1S/C26H35N3O/c1-19-9-11-20(12-10-19)25(30-3)8-5-14-28-15-13-23-22(18-28)21-6-4-7-24-26(21)29(23)17-16-27(24)2/h4,6-7,9-12,22-23,25H,5,8,13-18H2,1-3H3/t22-,23-,25?/m0/s1/i25D. The van der Waals surface area contributed by atoms with Crippen LogP contribution in [0, 0.1) is 6.92 Å². The molecular formula is C26H35N3O. The van der Waals surface area contributed by atoms with Crippen LogP contribution in [-0.2, 0) is 4.74 Å². The molecule has 0 saturated carbocycles. The van der Waals surface area contributed by atoms with Crippen LogP contribution in [0.25, 0.3) is 0 Å². The molecule has 3 atom stereocenters. The van der Waals surface area contributed by atoms with E-state index in [4.69, 9.17) is 6.11 Å². The van der Waals surface area contributed by atoms with Crippen LogP contribution >= 0.6 is 0 Å². The van der Waals surface area contributed by atoms with Crippen molar-refractivity contribution in [1.29, 1.82) is 0 Å². The molecular weight excluding hydrogens is 370 g/mol. The van der Waals surface area contributed by atoms with Crippen LogP contribution in [-0.4, -0.2) is 57.8 Å². The molecule has 30 heavy (non-hydrogen) atoms. The van der Waals surface area contributed by atoms with Gasteiger partial charge in [0.2, 0.25) is 0 Å². The molecule has 1 fully saturated rings. The molecule has 0 radical (unpaired) electrons. The Morgan fingerprint density at radius 1 is 1.13 bits per heavy atom. The highest BCUT2D eigenvalue weighted by Gasteiger charge is 2.44. The molecule has 4 nitrogen and oxygen atoms in total. The molecule has 4 heteroatoms. The van der Waals surface area contributed by atoms with Gasteiger partial charge in [-0.1, -0.05) is 42.0 Å². The molecule has 0 aliphatic carbocycles. The molecule has 0 aromatic heterocycles. The van der Waals surface area contributed by atoms with Crippen molar-refractivity contribution in [1.82, 2.24) is 4.90 Å².